The molecule has 1 aromatic carbocycles. The summed E-state index contributed by atoms with van der Waals surface area (Å²) in [7, 11) is 0. The summed E-state index contributed by atoms with van der Waals surface area (Å²) < 4.78 is 11.0. The van der Waals surface area contributed by atoms with E-state index in [0.717, 1.165) is 22.6 Å². The van der Waals surface area contributed by atoms with Crippen LogP contribution in [-0.2, 0) is 4.79 Å². The number of nitrogens with zero attached hydrogens (tertiary/aromatic N) is 1. The molecule has 0 atom stereocenters. The van der Waals surface area contributed by atoms with E-state index in [-0.39, 0.29) is 12.5 Å². The normalized spacial score (nSPS) is 11.2. The van der Waals surface area contributed by atoms with Crippen molar-refractivity contribution in [2.45, 2.75) is 33.6 Å². The Hall–Kier alpha value is -2.56. The molecule has 0 saturated carbocycles. The van der Waals surface area contributed by atoms with Gasteiger partial charge in [-0.25, -0.2) is 5.43 Å². The molecule has 1 heterocycles. The Labute approximate surface area is 136 Å². The van der Waals surface area contributed by atoms with E-state index in [9.17, 15) is 4.79 Å². The lowest BCUT2D eigenvalue weighted by molar-refractivity contribution is -0.123. The van der Waals surface area contributed by atoms with Crippen LogP contribution in [0.1, 0.15) is 42.4 Å². The number of ether oxygens (including phenoxy) is 1. The number of furan rings is 1. The largest absolute Gasteiger partial charge is 0.483 e. The van der Waals surface area contributed by atoms with Crippen molar-refractivity contribution in [1.29, 1.82) is 0 Å². The first-order valence-electron chi connectivity index (χ1n) is 7.57. The predicted octanol–water partition coefficient (Wildman–Crippen LogP) is 3.55. The van der Waals surface area contributed by atoms with E-state index in [0.29, 0.717) is 11.7 Å². The first-order valence-corrected chi connectivity index (χ1v) is 7.57. The van der Waals surface area contributed by atoms with Gasteiger partial charge in [0.05, 0.1) is 6.21 Å². The standard InChI is InChI=1S/C18H22N2O3/c1-12(2)16-8-5-13(3)9-17(16)22-11-18(21)20-19-10-15-7-6-14(4)23-15/h5-10,12H,11H2,1-4H3,(H,20,21). The Balaban J connectivity index is 1.89. The van der Waals surface area contributed by atoms with E-state index in [1.54, 1.807) is 6.07 Å². The quantitative estimate of drug-likeness (QED) is 0.655. The SMILES string of the molecule is Cc1ccc(C(C)C)c(OCC(=O)NN=Cc2ccc(C)o2)c1. The molecule has 0 spiro atoms. The second-order valence-electron chi connectivity index (χ2n) is 5.73. The molecule has 5 heteroatoms. The van der Waals surface area contributed by atoms with Gasteiger partial charge < -0.3 is 9.15 Å². The van der Waals surface area contributed by atoms with Gasteiger partial charge in [0.1, 0.15) is 17.3 Å². The topological polar surface area (TPSA) is 63.8 Å². The Morgan fingerprint density at radius 3 is 2.74 bits per heavy atom. The number of hydrogen-bond acceptors (Lipinski definition) is 4. The molecule has 23 heavy (non-hydrogen) atoms. The highest BCUT2D eigenvalue weighted by Crippen LogP contribution is 2.27. The van der Waals surface area contributed by atoms with E-state index in [4.69, 9.17) is 9.15 Å². The molecule has 0 saturated heterocycles. The van der Waals surface area contributed by atoms with Gasteiger partial charge in [0.25, 0.3) is 5.91 Å². The van der Waals surface area contributed by atoms with Crippen molar-refractivity contribution >= 4 is 12.1 Å². The van der Waals surface area contributed by atoms with Crippen LogP contribution in [0, 0.1) is 13.8 Å². The Morgan fingerprint density at radius 1 is 1.30 bits per heavy atom. The summed E-state index contributed by atoms with van der Waals surface area (Å²) in [6.07, 6.45) is 1.46. The molecular weight excluding hydrogens is 292 g/mol. The van der Waals surface area contributed by atoms with Crippen LogP contribution < -0.4 is 10.2 Å². The van der Waals surface area contributed by atoms with E-state index in [1.807, 2.05) is 38.1 Å². The lowest BCUT2D eigenvalue weighted by Gasteiger charge is -2.14. The molecule has 1 amide bonds. The van der Waals surface area contributed by atoms with Gasteiger partial charge in [-0.1, -0.05) is 26.0 Å². The number of nitrogens with one attached hydrogen (secondary N) is 1. The summed E-state index contributed by atoms with van der Waals surface area (Å²) in [5, 5.41) is 3.84. The summed E-state index contributed by atoms with van der Waals surface area (Å²) in [5.74, 6) is 2.13. The third kappa shape index (κ3) is 4.98. The molecular formula is C18H22N2O3. The van der Waals surface area contributed by atoms with Gasteiger partial charge in [0, 0.05) is 0 Å². The lowest BCUT2D eigenvalue weighted by Crippen LogP contribution is -2.24. The molecule has 0 aliphatic carbocycles. The molecule has 0 aliphatic heterocycles. The fourth-order valence-electron chi connectivity index (χ4n) is 2.11. The maximum absolute atomic E-state index is 11.8. The fourth-order valence-corrected chi connectivity index (χ4v) is 2.11. The van der Waals surface area contributed by atoms with E-state index in [2.05, 4.69) is 24.4 Å². The number of benzene rings is 1. The molecule has 5 nitrogen and oxygen atoms in total. The zero-order valence-corrected chi connectivity index (χ0v) is 13.9. The van der Waals surface area contributed by atoms with Crippen molar-refractivity contribution in [2.75, 3.05) is 6.61 Å². The summed E-state index contributed by atoms with van der Waals surface area (Å²) >= 11 is 0. The highest BCUT2D eigenvalue weighted by Gasteiger charge is 2.10. The first kappa shape index (κ1) is 16.8. The predicted molar refractivity (Wildman–Crippen MR) is 89.9 cm³/mol. The van der Waals surface area contributed by atoms with Crippen molar-refractivity contribution in [3.8, 4) is 5.75 Å². The van der Waals surface area contributed by atoms with Gasteiger partial charge >= 0.3 is 0 Å². The number of aryl methyl sites for hydroxylation is 2. The smallest absolute Gasteiger partial charge is 0.277 e. The minimum Gasteiger partial charge on any atom is -0.483 e. The van der Waals surface area contributed by atoms with E-state index < -0.39 is 0 Å². The Morgan fingerprint density at radius 2 is 2.09 bits per heavy atom. The van der Waals surface area contributed by atoms with Crippen molar-refractivity contribution in [3.63, 3.8) is 0 Å². The van der Waals surface area contributed by atoms with Crippen molar-refractivity contribution < 1.29 is 13.9 Å². The number of hydrogen-bond donors (Lipinski definition) is 1. The highest BCUT2D eigenvalue weighted by atomic mass is 16.5. The maximum atomic E-state index is 11.8. The van der Waals surface area contributed by atoms with Gasteiger partial charge in [-0.05, 0) is 49.1 Å². The number of carbonyl (C=O) groups excluding carboxylic acids is 1. The van der Waals surface area contributed by atoms with Crippen molar-refractivity contribution in [3.05, 3.63) is 53.0 Å². The molecule has 2 aromatic rings. The van der Waals surface area contributed by atoms with E-state index in [1.165, 1.54) is 6.21 Å². The van der Waals surface area contributed by atoms with Crippen LogP contribution in [-0.4, -0.2) is 18.7 Å². The van der Waals surface area contributed by atoms with Gasteiger partial charge in [0.2, 0.25) is 0 Å². The molecule has 0 radical (unpaired) electrons. The molecule has 0 fully saturated rings. The average Bonchev–Trinajstić information content (AvgIpc) is 2.90. The molecule has 2 rings (SSSR count). The minimum absolute atomic E-state index is 0.0856. The second-order valence-corrected chi connectivity index (χ2v) is 5.73. The van der Waals surface area contributed by atoms with Gasteiger partial charge in [-0.2, -0.15) is 5.10 Å². The van der Waals surface area contributed by atoms with Gasteiger partial charge in [-0.3, -0.25) is 4.79 Å². The molecule has 1 N–H and O–H groups in total. The number of carbonyl (C=O) groups is 1. The summed E-state index contributed by atoms with van der Waals surface area (Å²) in [6.45, 7) is 7.93. The molecule has 122 valence electrons. The van der Waals surface area contributed by atoms with Gasteiger partial charge in [-0.15, -0.1) is 0 Å². The minimum atomic E-state index is -0.319. The molecule has 1 aromatic heterocycles. The fraction of sp³-hybridized carbons (Fsp3) is 0.333. The summed E-state index contributed by atoms with van der Waals surface area (Å²) in [4.78, 5) is 11.8. The highest BCUT2D eigenvalue weighted by molar-refractivity contribution is 5.81. The number of amides is 1. The van der Waals surface area contributed by atoms with Crippen LogP contribution in [0.25, 0.3) is 0 Å². The number of hydrazone groups is 1. The summed E-state index contributed by atoms with van der Waals surface area (Å²) in [5.41, 5.74) is 4.59. The van der Waals surface area contributed by atoms with Crippen LogP contribution in [0.4, 0.5) is 0 Å². The maximum Gasteiger partial charge on any atom is 0.277 e. The summed E-state index contributed by atoms with van der Waals surface area (Å²) in [6, 6.07) is 9.63. The van der Waals surface area contributed by atoms with Crippen molar-refractivity contribution in [1.82, 2.24) is 5.43 Å². The van der Waals surface area contributed by atoms with Gasteiger partial charge in [0.15, 0.2) is 6.61 Å². The molecule has 0 aliphatic rings. The molecule has 0 bridgehead atoms. The van der Waals surface area contributed by atoms with Crippen molar-refractivity contribution in [2.24, 2.45) is 5.10 Å². The third-order valence-corrected chi connectivity index (χ3v) is 3.29. The molecule has 0 unspecified atom stereocenters. The third-order valence-electron chi connectivity index (χ3n) is 3.29. The van der Waals surface area contributed by atoms with E-state index >= 15 is 0 Å². The van der Waals surface area contributed by atoms with Crippen LogP contribution >= 0.6 is 0 Å². The monoisotopic (exact) mass is 314 g/mol. The first-order chi connectivity index (χ1) is 11.0. The average molecular weight is 314 g/mol. The van der Waals surface area contributed by atoms with Crippen LogP contribution in [0.3, 0.4) is 0 Å². The zero-order chi connectivity index (χ0) is 16.8. The Bertz CT molecular complexity index is 702. The van der Waals surface area contributed by atoms with Crippen LogP contribution in [0.2, 0.25) is 0 Å². The lowest BCUT2D eigenvalue weighted by atomic mass is 10.0. The number of rotatable bonds is 6. The Kier molecular flexibility index (Phi) is 5.57. The second kappa shape index (κ2) is 7.63. The zero-order valence-electron chi connectivity index (χ0n) is 13.9. The van der Waals surface area contributed by atoms with Crippen LogP contribution in [0.15, 0.2) is 39.9 Å². The van der Waals surface area contributed by atoms with Crippen LogP contribution in [0.5, 0.6) is 5.75 Å².